The molecular formula is C8H15NO4. The summed E-state index contributed by atoms with van der Waals surface area (Å²) in [4.78, 5) is 21.2. The van der Waals surface area contributed by atoms with Gasteiger partial charge in [-0.3, -0.25) is 4.79 Å². The average Bonchev–Trinajstić information content (AvgIpc) is 2.03. The maximum Gasteiger partial charge on any atom is 0.332 e. The van der Waals surface area contributed by atoms with E-state index in [0.717, 1.165) is 0 Å². The van der Waals surface area contributed by atoms with E-state index in [2.05, 4.69) is 5.32 Å². The van der Waals surface area contributed by atoms with Crippen molar-refractivity contribution in [2.24, 2.45) is 5.92 Å². The van der Waals surface area contributed by atoms with Gasteiger partial charge in [-0.1, -0.05) is 13.8 Å². The molecule has 0 bridgehead atoms. The molecule has 0 radical (unpaired) electrons. The molecule has 0 aromatic rings. The number of hydrogen-bond acceptors (Lipinski definition) is 3. The number of amides is 1. The largest absolute Gasteiger partial charge is 0.479 e. The van der Waals surface area contributed by atoms with E-state index in [-0.39, 0.29) is 12.5 Å². The van der Waals surface area contributed by atoms with Gasteiger partial charge in [0.2, 0.25) is 6.41 Å². The number of carboxylic acids is 1. The second-order valence-electron chi connectivity index (χ2n) is 3.13. The monoisotopic (exact) mass is 189 g/mol. The van der Waals surface area contributed by atoms with Gasteiger partial charge >= 0.3 is 5.97 Å². The number of nitrogens with one attached hydrogen (secondary N) is 1. The Kier molecular flexibility index (Phi) is 4.40. The van der Waals surface area contributed by atoms with E-state index >= 15 is 0 Å². The highest BCUT2D eigenvalue weighted by Gasteiger charge is 2.41. The summed E-state index contributed by atoms with van der Waals surface area (Å²) in [5.74, 6) is -1.33. The Morgan fingerprint density at radius 1 is 1.69 bits per heavy atom. The molecule has 0 fully saturated rings. The van der Waals surface area contributed by atoms with Crippen LogP contribution in [0.4, 0.5) is 0 Å². The van der Waals surface area contributed by atoms with Gasteiger partial charge in [0.25, 0.3) is 0 Å². The zero-order valence-corrected chi connectivity index (χ0v) is 8.03. The predicted molar refractivity (Wildman–Crippen MR) is 46.3 cm³/mol. The Bertz CT molecular complexity index is 193. The third kappa shape index (κ3) is 2.42. The number of aliphatic carboxylic acids is 1. The summed E-state index contributed by atoms with van der Waals surface area (Å²) in [6.45, 7) is 3.38. The van der Waals surface area contributed by atoms with Crippen LogP contribution in [0.1, 0.15) is 13.8 Å². The quantitative estimate of drug-likeness (QED) is 0.570. The van der Waals surface area contributed by atoms with Gasteiger partial charge in [-0.15, -0.1) is 0 Å². The molecule has 0 heterocycles. The van der Waals surface area contributed by atoms with Crippen molar-refractivity contribution in [3.05, 3.63) is 0 Å². The van der Waals surface area contributed by atoms with Crippen LogP contribution in [0.3, 0.4) is 0 Å². The molecule has 1 amide bonds. The smallest absolute Gasteiger partial charge is 0.332 e. The lowest BCUT2D eigenvalue weighted by atomic mass is 9.87. The summed E-state index contributed by atoms with van der Waals surface area (Å²) in [7, 11) is 1.40. The molecule has 5 heteroatoms. The molecule has 5 nitrogen and oxygen atoms in total. The van der Waals surface area contributed by atoms with Crippen molar-refractivity contribution in [3.8, 4) is 0 Å². The molecule has 0 aromatic carbocycles. The lowest BCUT2D eigenvalue weighted by Crippen LogP contribution is -2.58. The fourth-order valence-corrected chi connectivity index (χ4v) is 1.08. The van der Waals surface area contributed by atoms with Crippen LogP contribution in [0.5, 0.6) is 0 Å². The number of carbonyl (C=O) groups is 2. The van der Waals surface area contributed by atoms with Gasteiger partial charge in [0.15, 0.2) is 5.54 Å². The third-order valence-electron chi connectivity index (χ3n) is 2.06. The maximum atomic E-state index is 10.9. The van der Waals surface area contributed by atoms with E-state index in [1.165, 1.54) is 7.11 Å². The normalized spacial score (nSPS) is 15.1. The van der Waals surface area contributed by atoms with Gasteiger partial charge < -0.3 is 15.2 Å². The van der Waals surface area contributed by atoms with Gasteiger partial charge in [-0.05, 0) is 5.92 Å². The zero-order chi connectivity index (χ0) is 10.5. The van der Waals surface area contributed by atoms with Gasteiger partial charge in [-0.2, -0.15) is 0 Å². The van der Waals surface area contributed by atoms with Gasteiger partial charge in [0.1, 0.15) is 0 Å². The van der Waals surface area contributed by atoms with Crippen LogP contribution in [0.25, 0.3) is 0 Å². The first kappa shape index (κ1) is 11.9. The molecule has 0 aliphatic heterocycles. The highest BCUT2D eigenvalue weighted by Crippen LogP contribution is 2.17. The highest BCUT2D eigenvalue weighted by molar-refractivity contribution is 5.82. The van der Waals surface area contributed by atoms with Crippen molar-refractivity contribution >= 4 is 12.4 Å². The van der Waals surface area contributed by atoms with E-state index in [1.807, 2.05) is 0 Å². The van der Waals surface area contributed by atoms with Crippen molar-refractivity contribution < 1.29 is 19.4 Å². The van der Waals surface area contributed by atoms with Crippen molar-refractivity contribution in [3.63, 3.8) is 0 Å². The fourth-order valence-electron chi connectivity index (χ4n) is 1.08. The minimum absolute atomic E-state index is 0.0429. The molecule has 0 saturated carbocycles. The minimum Gasteiger partial charge on any atom is -0.479 e. The van der Waals surface area contributed by atoms with E-state index in [9.17, 15) is 9.59 Å². The summed E-state index contributed by atoms with van der Waals surface area (Å²) in [5.41, 5.74) is -1.32. The summed E-state index contributed by atoms with van der Waals surface area (Å²) in [5, 5.41) is 11.2. The van der Waals surface area contributed by atoms with Crippen LogP contribution >= 0.6 is 0 Å². The molecular weight excluding hydrogens is 174 g/mol. The van der Waals surface area contributed by atoms with Gasteiger partial charge in [0.05, 0.1) is 6.61 Å². The Morgan fingerprint density at radius 3 is 2.46 bits per heavy atom. The molecule has 0 aromatic heterocycles. The van der Waals surface area contributed by atoms with Crippen LogP contribution < -0.4 is 5.32 Å². The lowest BCUT2D eigenvalue weighted by molar-refractivity contribution is -0.151. The van der Waals surface area contributed by atoms with Crippen LogP contribution in [0.15, 0.2) is 0 Å². The molecule has 0 spiro atoms. The van der Waals surface area contributed by atoms with E-state index in [0.29, 0.717) is 6.41 Å². The standard InChI is InChI=1S/C8H15NO4/c1-6(2)8(4-13-3,7(11)12)9-5-10/h5-6H,4H2,1-3H3,(H,9,10)(H,11,12). The second kappa shape index (κ2) is 4.81. The summed E-state index contributed by atoms with van der Waals surface area (Å²) in [6, 6.07) is 0. The zero-order valence-electron chi connectivity index (χ0n) is 8.03. The van der Waals surface area contributed by atoms with Crippen LogP contribution in [-0.4, -0.2) is 36.7 Å². The van der Waals surface area contributed by atoms with Gasteiger partial charge in [0, 0.05) is 7.11 Å². The average molecular weight is 189 g/mol. The second-order valence-corrected chi connectivity index (χ2v) is 3.13. The van der Waals surface area contributed by atoms with Crippen molar-refractivity contribution in [2.45, 2.75) is 19.4 Å². The number of rotatable bonds is 6. The first-order valence-electron chi connectivity index (χ1n) is 3.95. The molecule has 0 saturated heterocycles. The van der Waals surface area contributed by atoms with E-state index in [4.69, 9.17) is 9.84 Å². The number of carboxylic acid groups (broad SMARTS) is 1. The molecule has 0 aliphatic rings. The number of carbonyl (C=O) groups excluding carboxylic acids is 1. The topological polar surface area (TPSA) is 75.6 Å². The first-order valence-corrected chi connectivity index (χ1v) is 3.95. The molecule has 1 atom stereocenters. The third-order valence-corrected chi connectivity index (χ3v) is 2.06. The van der Waals surface area contributed by atoms with E-state index in [1.54, 1.807) is 13.8 Å². The number of hydrogen-bond donors (Lipinski definition) is 2. The lowest BCUT2D eigenvalue weighted by Gasteiger charge is -2.31. The van der Waals surface area contributed by atoms with E-state index < -0.39 is 11.5 Å². The predicted octanol–water partition coefficient (Wildman–Crippen LogP) is -0.142. The summed E-state index contributed by atoms with van der Waals surface area (Å²) in [6.07, 6.45) is 0.382. The summed E-state index contributed by atoms with van der Waals surface area (Å²) >= 11 is 0. The van der Waals surface area contributed by atoms with Crippen LogP contribution in [-0.2, 0) is 14.3 Å². The molecule has 1 unspecified atom stereocenters. The molecule has 13 heavy (non-hydrogen) atoms. The number of ether oxygens (including phenoxy) is 1. The van der Waals surface area contributed by atoms with Crippen molar-refractivity contribution in [1.29, 1.82) is 0 Å². The maximum absolute atomic E-state index is 10.9. The molecule has 0 rings (SSSR count). The SMILES string of the molecule is COCC(NC=O)(C(=O)O)C(C)C. The highest BCUT2D eigenvalue weighted by atomic mass is 16.5. The van der Waals surface area contributed by atoms with Crippen molar-refractivity contribution in [2.75, 3.05) is 13.7 Å². The fraction of sp³-hybridized carbons (Fsp3) is 0.750. The number of methoxy groups -OCH3 is 1. The van der Waals surface area contributed by atoms with Crippen LogP contribution in [0.2, 0.25) is 0 Å². The minimum atomic E-state index is -1.32. The first-order chi connectivity index (χ1) is 6.01. The molecule has 2 N–H and O–H groups in total. The van der Waals surface area contributed by atoms with Gasteiger partial charge in [-0.25, -0.2) is 4.79 Å². The molecule has 0 aliphatic carbocycles. The Balaban J connectivity index is 4.79. The summed E-state index contributed by atoms with van der Waals surface area (Å²) < 4.78 is 4.78. The van der Waals surface area contributed by atoms with Crippen LogP contribution in [0, 0.1) is 5.92 Å². The molecule has 76 valence electrons. The Labute approximate surface area is 77.1 Å². The Hall–Kier alpha value is -1.10. The Morgan fingerprint density at radius 2 is 2.23 bits per heavy atom. The van der Waals surface area contributed by atoms with Crippen molar-refractivity contribution in [1.82, 2.24) is 5.32 Å².